The first-order valence-electron chi connectivity index (χ1n) is 34.5. The lowest BCUT2D eigenvalue weighted by atomic mass is 9.81. The number of allylic oxidation sites excluding steroid dienone is 2. The van der Waals surface area contributed by atoms with E-state index >= 15 is 0 Å². The van der Waals surface area contributed by atoms with Crippen LogP contribution in [-0.4, -0.2) is 346 Å². The number of para-hydroxylation sites is 1. The average Bonchev–Trinajstić information content (AvgIpc) is 1.60. The topological polar surface area (TPSA) is 276 Å². The minimum absolute atomic E-state index is 0.301. The summed E-state index contributed by atoms with van der Waals surface area (Å²) < 4.78 is 140. The van der Waals surface area contributed by atoms with Gasteiger partial charge in [-0.2, -0.15) is 4.58 Å². The van der Waals surface area contributed by atoms with Gasteiger partial charge in [-0.25, -0.2) is 5.26 Å². The molecule has 0 atom stereocenters. The molecule has 3 rings (SSSR count). The molecule has 1 aliphatic rings. The summed E-state index contributed by atoms with van der Waals surface area (Å²) in [6, 6.07) is 15.9. The molecular formula is C69H119N2O27S+. The molecule has 0 aliphatic carbocycles. The SMILES string of the molecule is COCCOCCOCCOCCOCCOCCOCCOCCOCCOCCOCCOCCOCCOCCOCCOCCOCCOCCOCCOCCOCCOCCOCCOCC[N+]1=C(C=CCC=Nc2ccccc2)C(C)(C)c2cc(SOOO)ccc21. The Labute approximate surface area is 592 Å². The number of benzene rings is 2. The van der Waals surface area contributed by atoms with Gasteiger partial charge in [-0.15, -0.1) is 4.33 Å². The van der Waals surface area contributed by atoms with E-state index in [4.69, 9.17) is 123 Å². The van der Waals surface area contributed by atoms with Gasteiger partial charge in [0.25, 0.3) is 0 Å². The van der Waals surface area contributed by atoms with Crippen LogP contribution in [0, 0.1) is 0 Å². The smallest absolute Gasteiger partial charge is 0.209 e. The summed E-state index contributed by atoms with van der Waals surface area (Å²) in [5, 5.41) is 12.5. The third-order valence-electron chi connectivity index (χ3n) is 13.6. The number of nitrogens with zero attached hydrogens (tertiary/aromatic N) is 2. The Balaban J connectivity index is 0.915. The van der Waals surface area contributed by atoms with Crippen molar-refractivity contribution in [2.24, 2.45) is 4.99 Å². The molecule has 0 saturated heterocycles. The number of methoxy groups -OCH3 is 1. The Bertz CT molecular complexity index is 2150. The van der Waals surface area contributed by atoms with Crippen molar-refractivity contribution in [2.45, 2.75) is 30.6 Å². The van der Waals surface area contributed by atoms with E-state index in [-0.39, 0.29) is 5.41 Å². The highest BCUT2D eigenvalue weighted by atomic mass is 32.2. The summed E-state index contributed by atoms with van der Waals surface area (Å²) in [6.07, 6.45) is 6.88. The molecule has 1 N–H and O–H groups in total. The van der Waals surface area contributed by atoms with Crippen molar-refractivity contribution in [1.29, 1.82) is 0 Å². The zero-order valence-electron chi connectivity index (χ0n) is 59.4. The van der Waals surface area contributed by atoms with E-state index < -0.39 is 0 Å². The van der Waals surface area contributed by atoms with E-state index in [0.29, 0.717) is 323 Å². The summed E-state index contributed by atoms with van der Waals surface area (Å²) in [7, 11) is 1.64. The number of rotatable bonds is 79. The van der Waals surface area contributed by atoms with Gasteiger partial charge in [-0.1, -0.05) is 29.3 Å². The third-order valence-corrected chi connectivity index (χ3v) is 14.2. The molecule has 1 aliphatic heterocycles. The van der Waals surface area contributed by atoms with E-state index in [9.17, 15) is 0 Å². The Kier molecular flexibility index (Phi) is 64.0. The van der Waals surface area contributed by atoms with Crippen LogP contribution in [0.1, 0.15) is 25.8 Å². The van der Waals surface area contributed by atoms with Gasteiger partial charge in [-0.05, 0) is 38.1 Å². The molecule has 0 spiro atoms. The lowest BCUT2D eigenvalue weighted by Crippen LogP contribution is -2.29. The maximum atomic E-state index is 8.67. The number of hydrogen-bond donors (Lipinski definition) is 1. The third kappa shape index (κ3) is 54.1. The molecule has 1 heterocycles. The summed E-state index contributed by atoms with van der Waals surface area (Å²) in [4.78, 5) is 5.36. The maximum Gasteiger partial charge on any atom is 0.209 e. The molecule has 0 aromatic heterocycles. The van der Waals surface area contributed by atoms with Crippen LogP contribution in [0.2, 0.25) is 0 Å². The molecule has 572 valence electrons. The van der Waals surface area contributed by atoms with E-state index in [1.807, 2.05) is 42.6 Å². The van der Waals surface area contributed by atoms with Crippen LogP contribution in [0.3, 0.4) is 0 Å². The van der Waals surface area contributed by atoms with Crippen LogP contribution in [0.25, 0.3) is 0 Å². The van der Waals surface area contributed by atoms with Gasteiger partial charge in [0.05, 0.1) is 327 Å². The second-order valence-electron chi connectivity index (χ2n) is 21.4. The van der Waals surface area contributed by atoms with Gasteiger partial charge in [-0.3, -0.25) is 4.99 Å². The molecule has 30 heteroatoms. The first-order valence-corrected chi connectivity index (χ1v) is 35.3. The molecule has 2 aromatic carbocycles. The predicted molar refractivity (Wildman–Crippen MR) is 369 cm³/mol. The fourth-order valence-electron chi connectivity index (χ4n) is 8.65. The Morgan fingerprint density at radius 1 is 0.364 bits per heavy atom. The normalized spacial score (nSPS) is 13.1. The monoisotopic (exact) mass is 1440 g/mol. The van der Waals surface area contributed by atoms with Crippen LogP contribution in [-0.2, 0) is 128 Å². The molecule has 0 amide bonds. The first kappa shape index (κ1) is 90.0. The molecule has 29 nitrogen and oxygen atoms in total. The number of hydrogen-bond acceptors (Lipinski definition) is 29. The van der Waals surface area contributed by atoms with Crippen molar-refractivity contribution in [2.75, 3.05) is 324 Å². The minimum atomic E-state index is -0.301. The van der Waals surface area contributed by atoms with Gasteiger partial charge in [0.1, 0.15) is 6.61 Å². The standard InChI is InChI=1S/C69H118N2O27S/c1-69(2)66-63-65(99-98-97-72)12-13-67(66)71(68(69)11-7-8-14-70-64-9-5-4-6-10-64)15-16-74-19-20-76-23-24-78-27-28-80-31-32-82-35-36-84-39-40-86-43-44-88-47-48-90-51-52-92-55-56-94-59-60-96-62-61-95-58-57-93-54-53-91-50-49-89-46-45-87-42-41-85-38-37-83-34-33-81-30-29-79-26-25-77-22-21-75-18-17-73-3/h4-7,9-14,63H,8,15-62H2,1-3H3/p+1. The fraction of sp³-hybridized carbons (Fsp3) is 0.768. The molecule has 0 bridgehead atoms. The van der Waals surface area contributed by atoms with Crippen molar-refractivity contribution < 1.29 is 133 Å². The van der Waals surface area contributed by atoms with Crippen molar-refractivity contribution >= 4 is 35.3 Å². The number of ether oxygens (including phenoxy) is 24. The second-order valence-corrected chi connectivity index (χ2v) is 22.2. The number of fused-ring (bicyclic) bond motifs is 1. The largest absolute Gasteiger partial charge is 0.382 e. The lowest BCUT2D eigenvalue weighted by Gasteiger charge is -2.16. The van der Waals surface area contributed by atoms with Crippen LogP contribution < -0.4 is 0 Å². The zero-order chi connectivity index (χ0) is 70.2. The van der Waals surface area contributed by atoms with Crippen molar-refractivity contribution in [3.63, 3.8) is 0 Å². The van der Waals surface area contributed by atoms with Crippen molar-refractivity contribution in [3.8, 4) is 0 Å². The van der Waals surface area contributed by atoms with Crippen molar-refractivity contribution in [1.82, 2.24) is 0 Å². The van der Waals surface area contributed by atoms with Crippen molar-refractivity contribution in [3.05, 3.63) is 66.2 Å². The molecule has 2 aromatic rings. The zero-order valence-corrected chi connectivity index (χ0v) is 60.2. The lowest BCUT2D eigenvalue weighted by molar-refractivity contribution is -0.442. The maximum absolute atomic E-state index is 8.67. The van der Waals surface area contributed by atoms with Gasteiger partial charge < -0.3 is 114 Å². The average molecular weight is 1440 g/mol. The highest BCUT2D eigenvalue weighted by molar-refractivity contribution is 7.94. The minimum Gasteiger partial charge on any atom is -0.382 e. The van der Waals surface area contributed by atoms with E-state index in [1.165, 1.54) is 0 Å². The first-order chi connectivity index (χ1) is 49.1. The highest BCUT2D eigenvalue weighted by Crippen LogP contribution is 2.42. The quantitative estimate of drug-likeness (QED) is 0.0202. The van der Waals surface area contributed by atoms with Crippen LogP contribution >= 0.6 is 12.0 Å². The van der Waals surface area contributed by atoms with Gasteiger partial charge in [0.2, 0.25) is 5.69 Å². The molecule has 0 fully saturated rings. The Morgan fingerprint density at radius 3 is 0.909 bits per heavy atom. The van der Waals surface area contributed by atoms with Crippen LogP contribution in [0.15, 0.2) is 70.6 Å². The number of aliphatic imine (C=N–C) groups is 1. The van der Waals surface area contributed by atoms with E-state index in [0.717, 1.165) is 39.6 Å². The second kappa shape index (κ2) is 70.5. The van der Waals surface area contributed by atoms with Gasteiger partial charge >= 0.3 is 0 Å². The Hall–Kier alpha value is -3.21. The summed E-state index contributed by atoms with van der Waals surface area (Å²) in [6.45, 7) is 28.1. The summed E-state index contributed by atoms with van der Waals surface area (Å²) in [5.41, 5.74) is 3.99. The summed E-state index contributed by atoms with van der Waals surface area (Å²) >= 11 is 0.948. The molecular weight excluding hydrogens is 1320 g/mol. The molecule has 99 heavy (non-hydrogen) atoms. The Morgan fingerprint density at radius 2 is 0.636 bits per heavy atom. The van der Waals surface area contributed by atoms with E-state index in [1.54, 1.807) is 7.11 Å². The van der Waals surface area contributed by atoms with E-state index in [2.05, 4.69) is 52.7 Å². The summed E-state index contributed by atoms with van der Waals surface area (Å²) in [5.74, 6) is 0. The molecule has 0 unspecified atom stereocenters. The molecule has 0 radical (unpaired) electrons. The van der Waals surface area contributed by atoms with Gasteiger partial charge in [0, 0.05) is 42.3 Å². The molecule has 0 saturated carbocycles. The van der Waals surface area contributed by atoms with Crippen LogP contribution in [0.5, 0.6) is 0 Å². The fourth-order valence-corrected chi connectivity index (χ4v) is 9.05. The highest BCUT2D eigenvalue weighted by Gasteiger charge is 2.44. The van der Waals surface area contributed by atoms with Crippen LogP contribution in [0.4, 0.5) is 11.4 Å². The predicted octanol–water partition coefficient (Wildman–Crippen LogP) is 5.87. The van der Waals surface area contributed by atoms with Gasteiger partial charge in [0.15, 0.2) is 12.3 Å².